The maximum atomic E-state index is 14.1. The monoisotopic (exact) mass is 554 g/mol. The summed E-state index contributed by atoms with van der Waals surface area (Å²) in [4.78, 5) is 43.6. The molecule has 3 aliphatic carbocycles. The van der Waals surface area contributed by atoms with E-state index in [2.05, 4.69) is 25.7 Å². The first-order chi connectivity index (χ1) is 18.6. The Labute approximate surface area is 233 Å². The van der Waals surface area contributed by atoms with E-state index >= 15 is 0 Å². The number of hydrogen-bond acceptors (Lipinski definition) is 10. The molecule has 4 atom stereocenters. The van der Waals surface area contributed by atoms with Crippen LogP contribution in [0, 0.1) is 11.8 Å². The molecular formula is C30H38N2O8. The van der Waals surface area contributed by atoms with Crippen LogP contribution in [0.1, 0.15) is 62.8 Å². The van der Waals surface area contributed by atoms with Crippen molar-refractivity contribution in [2.24, 2.45) is 11.8 Å². The molecule has 216 valence electrons. The van der Waals surface area contributed by atoms with Gasteiger partial charge in [-0.2, -0.15) is 0 Å². The number of fused-ring (bicyclic) bond motifs is 4. The largest absolute Gasteiger partial charge is 0.508 e. The van der Waals surface area contributed by atoms with Crippen molar-refractivity contribution in [2.75, 3.05) is 21.2 Å². The van der Waals surface area contributed by atoms with Gasteiger partial charge in [0.25, 0.3) is 0 Å². The predicted molar refractivity (Wildman–Crippen MR) is 146 cm³/mol. The lowest BCUT2D eigenvalue weighted by atomic mass is 9.57. The molecule has 5 rings (SSSR count). The molecule has 10 heteroatoms. The lowest BCUT2D eigenvalue weighted by molar-refractivity contribution is -0.153. The topological polar surface area (TPSA) is 148 Å². The van der Waals surface area contributed by atoms with Crippen LogP contribution in [-0.4, -0.2) is 86.0 Å². The fourth-order valence-electron chi connectivity index (χ4n) is 7.23. The highest BCUT2D eigenvalue weighted by molar-refractivity contribution is 6.25. The number of ketones is 3. The van der Waals surface area contributed by atoms with Crippen LogP contribution in [-0.2, 0) is 33.9 Å². The summed E-state index contributed by atoms with van der Waals surface area (Å²) in [6.45, 7) is 8.40. The number of Topliss-reactive ketones (excluding diaryl/α,β-unsaturated/α-hetero) is 3. The number of phenolic OH excluding ortho intramolecular Hbond substituents is 1. The molecule has 1 aromatic rings. The van der Waals surface area contributed by atoms with Gasteiger partial charge in [0.05, 0.1) is 18.7 Å². The number of aromatic hydroxyl groups is 1. The molecule has 0 spiro atoms. The van der Waals surface area contributed by atoms with Gasteiger partial charge in [-0.1, -0.05) is 6.92 Å². The van der Waals surface area contributed by atoms with Crippen molar-refractivity contribution in [3.63, 3.8) is 0 Å². The van der Waals surface area contributed by atoms with Crippen LogP contribution in [0.3, 0.4) is 0 Å². The minimum Gasteiger partial charge on any atom is -0.508 e. The third-order valence-electron chi connectivity index (χ3n) is 9.78. The van der Waals surface area contributed by atoms with Crippen molar-refractivity contribution in [2.45, 2.75) is 77.2 Å². The second-order valence-electron chi connectivity index (χ2n) is 12.4. The van der Waals surface area contributed by atoms with Crippen molar-refractivity contribution in [1.82, 2.24) is 9.80 Å². The maximum absolute atomic E-state index is 14.1. The zero-order valence-corrected chi connectivity index (χ0v) is 24.1. The number of aliphatic hydroxyl groups excluding tert-OH is 2. The second-order valence-corrected chi connectivity index (χ2v) is 12.4. The average Bonchev–Trinajstić information content (AvgIpc) is 3.33. The lowest BCUT2D eigenvalue weighted by Gasteiger charge is -2.50. The van der Waals surface area contributed by atoms with Crippen LogP contribution in [0.15, 0.2) is 16.9 Å². The van der Waals surface area contributed by atoms with Gasteiger partial charge in [0.1, 0.15) is 28.6 Å². The highest BCUT2D eigenvalue weighted by atomic mass is 16.5. The van der Waals surface area contributed by atoms with E-state index < -0.39 is 57.9 Å². The zero-order valence-electron chi connectivity index (χ0n) is 24.1. The van der Waals surface area contributed by atoms with E-state index in [4.69, 9.17) is 4.74 Å². The van der Waals surface area contributed by atoms with Gasteiger partial charge in [-0.25, -0.2) is 0 Å². The van der Waals surface area contributed by atoms with Crippen LogP contribution >= 0.6 is 0 Å². The van der Waals surface area contributed by atoms with E-state index in [0.29, 0.717) is 30.0 Å². The Hall–Kier alpha value is -3.21. The quantitative estimate of drug-likeness (QED) is 0.400. The molecule has 10 nitrogen and oxygen atoms in total. The summed E-state index contributed by atoms with van der Waals surface area (Å²) >= 11 is 0. The van der Waals surface area contributed by atoms with E-state index in [1.807, 2.05) is 0 Å². The first-order valence-corrected chi connectivity index (χ1v) is 13.7. The first-order valence-electron chi connectivity index (χ1n) is 13.7. The predicted octanol–water partition coefficient (Wildman–Crippen LogP) is 2.58. The number of nitrogens with zero attached hydrogens (tertiary/aromatic N) is 2. The molecule has 1 fully saturated rings. The number of carbonyl (C=O) groups is 3. The van der Waals surface area contributed by atoms with Gasteiger partial charge in [0.15, 0.2) is 17.2 Å². The van der Waals surface area contributed by atoms with Crippen molar-refractivity contribution in [3.8, 4) is 11.5 Å². The summed E-state index contributed by atoms with van der Waals surface area (Å²) in [7, 11) is 4.76. The molecule has 1 heterocycles. The lowest BCUT2D eigenvalue weighted by Crippen LogP contribution is -2.65. The Morgan fingerprint density at radius 1 is 1.12 bits per heavy atom. The third-order valence-corrected chi connectivity index (χ3v) is 9.78. The molecule has 0 aromatic heterocycles. The molecule has 40 heavy (non-hydrogen) atoms. The SMILES string of the molecule is CCC(C)(C)N1Cc2c(O)c3c(c(OC)c2C1)C[C@H]1C[C@H]2[C@H](N(C)C)C(=O)C(C(C)=O)=C(O)[C@@]2(O)C(=O)C1=C3O. The Kier molecular flexibility index (Phi) is 6.48. The molecule has 0 radical (unpaired) electrons. The van der Waals surface area contributed by atoms with Crippen LogP contribution in [0.5, 0.6) is 11.5 Å². The molecular weight excluding hydrogens is 516 g/mol. The first kappa shape index (κ1) is 28.3. The number of benzene rings is 1. The molecule has 1 aromatic carbocycles. The fourth-order valence-corrected chi connectivity index (χ4v) is 7.23. The molecule has 0 amide bonds. The van der Waals surface area contributed by atoms with Gasteiger partial charge in [0, 0.05) is 46.8 Å². The van der Waals surface area contributed by atoms with Gasteiger partial charge in [-0.3, -0.25) is 24.2 Å². The van der Waals surface area contributed by atoms with Gasteiger partial charge in [-0.05, 0) is 60.0 Å². The van der Waals surface area contributed by atoms with E-state index in [1.165, 1.54) is 12.0 Å². The summed E-state index contributed by atoms with van der Waals surface area (Å²) in [5.41, 5.74) is -1.39. The van der Waals surface area contributed by atoms with E-state index in [1.54, 1.807) is 14.1 Å². The molecule has 0 saturated heterocycles. The highest BCUT2D eigenvalue weighted by Crippen LogP contribution is 2.56. The fraction of sp³-hybridized carbons (Fsp3) is 0.567. The van der Waals surface area contributed by atoms with Gasteiger partial charge >= 0.3 is 0 Å². The van der Waals surface area contributed by atoms with E-state index in [-0.39, 0.29) is 35.3 Å². The Bertz CT molecular complexity index is 1420. The summed E-state index contributed by atoms with van der Waals surface area (Å²) in [5, 5.41) is 46.0. The highest BCUT2D eigenvalue weighted by Gasteiger charge is 2.64. The standard InChI is InChI=1S/C30H38N2O8/c1-8-29(3,4)32-11-16-17(12-32)26(40-7)15-9-14-10-18-22(31(5)6)25(36)19(13(2)33)27(37)30(18,39)28(38)20(14)24(35)21(15)23(16)34/h14,18,22,34-35,37,39H,8-12H2,1-7H3/t14-,18-,22-,30+/m0/s1. The number of rotatable bonds is 5. The van der Waals surface area contributed by atoms with Gasteiger partial charge in [-0.15, -0.1) is 0 Å². The number of hydrogen-bond donors (Lipinski definition) is 4. The van der Waals surface area contributed by atoms with Crippen LogP contribution < -0.4 is 4.74 Å². The van der Waals surface area contributed by atoms with Gasteiger partial charge < -0.3 is 25.2 Å². The molecule has 0 unspecified atom stereocenters. The zero-order chi connectivity index (χ0) is 29.6. The van der Waals surface area contributed by atoms with Crippen molar-refractivity contribution in [1.29, 1.82) is 0 Å². The number of methoxy groups -OCH3 is 1. The van der Waals surface area contributed by atoms with Crippen molar-refractivity contribution < 1.29 is 39.5 Å². The van der Waals surface area contributed by atoms with Crippen molar-refractivity contribution in [3.05, 3.63) is 39.2 Å². The van der Waals surface area contributed by atoms with E-state index in [0.717, 1.165) is 18.9 Å². The Morgan fingerprint density at radius 3 is 2.30 bits per heavy atom. The molecule has 1 saturated carbocycles. The number of phenols is 1. The maximum Gasteiger partial charge on any atom is 0.202 e. The number of carbonyl (C=O) groups excluding carboxylic acids is 3. The minimum absolute atomic E-state index is 0.0703. The molecule has 0 bridgehead atoms. The summed E-state index contributed by atoms with van der Waals surface area (Å²) < 4.78 is 5.87. The number of likely N-dealkylation sites (N-methyl/N-ethyl adjacent to an activating group) is 1. The summed E-state index contributed by atoms with van der Waals surface area (Å²) in [5.74, 6) is -5.13. The number of aliphatic hydroxyl groups is 3. The summed E-state index contributed by atoms with van der Waals surface area (Å²) in [6.07, 6.45) is 1.16. The smallest absolute Gasteiger partial charge is 0.202 e. The third kappa shape index (κ3) is 3.55. The van der Waals surface area contributed by atoms with E-state index in [9.17, 15) is 34.8 Å². The number of ether oxygens (including phenoxy) is 1. The minimum atomic E-state index is -2.58. The second kappa shape index (κ2) is 9.15. The summed E-state index contributed by atoms with van der Waals surface area (Å²) in [6, 6.07) is -1.05. The van der Waals surface area contributed by atoms with Gasteiger partial charge in [0.2, 0.25) is 5.78 Å². The average molecular weight is 555 g/mol. The Balaban J connectivity index is 1.72. The van der Waals surface area contributed by atoms with Crippen molar-refractivity contribution >= 4 is 23.1 Å². The van der Waals surface area contributed by atoms with Crippen LogP contribution in [0.25, 0.3) is 5.76 Å². The molecule has 1 aliphatic heterocycles. The molecule has 4 N–H and O–H groups in total. The van der Waals surface area contributed by atoms with Crippen LogP contribution in [0.4, 0.5) is 0 Å². The Morgan fingerprint density at radius 2 is 1.75 bits per heavy atom. The molecule has 4 aliphatic rings. The van der Waals surface area contributed by atoms with Crippen LogP contribution in [0.2, 0.25) is 0 Å². The normalized spacial score (nSPS) is 28.5.